The van der Waals surface area contributed by atoms with Crippen molar-refractivity contribution in [3.8, 4) is 11.8 Å². The van der Waals surface area contributed by atoms with Crippen LogP contribution in [0.2, 0.25) is 0 Å². The van der Waals surface area contributed by atoms with Gasteiger partial charge in [-0.2, -0.15) is 0 Å². The molecule has 0 atom stereocenters. The van der Waals surface area contributed by atoms with Crippen LogP contribution >= 0.6 is 0 Å². The van der Waals surface area contributed by atoms with E-state index in [2.05, 4.69) is 30.9 Å². The van der Waals surface area contributed by atoms with Gasteiger partial charge in [-0.05, 0) is 25.7 Å². The van der Waals surface area contributed by atoms with Crippen LogP contribution < -0.4 is 0 Å². The lowest BCUT2D eigenvalue weighted by molar-refractivity contribution is -0.137. The Bertz CT molecular complexity index is 333. The van der Waals surface area contributed by atoms with E-state index in [4.69, 9.17) is 5.11 Å². The number of aliphatic carboxylic acids is 1. The molecule has 0 aromatic rings. The Balaban J connectivity index is 3.18. The molecule has 0 aliphatic carbocycles. The zero-order valence-corrected chi connectivity index (χ0v) is 14.4. The van der Waals surface area contributed by atoms with E-state index in [1.165, 1.54) is 51.4 Å². The van der Waals surface area contributed by atoms with Gasteiger partial charge in [0.15, 0.2) is 0 Å². The molecule has 0 aromatic carbocycles. The smallest absolute Gasteiger partial charge is 0.303 e. The average molecular weight is 306 g/mol. The zero-order valence-electron chi connectivity index (χ0n) is 14.4. The van der Waals surface area contributed by atoms with Crippen LogP contribution in [-0.4, -0.2) is 11.1 Å². The molecular formula is C20H34O2. The molecule has 0 unspecified atom stereocenters. The molecule has 0 rings (SSSR count). The molecule has 2 heteroatoms. The second kappa shape index (κ2) is 17.8. The highest BCUT2D eigenvalue weighted by atomic mass is 16.4. The Hall–Kier alpha value is -1.23. The summed E-state index contributed by atoms with van der Waals surface area (Å²) in [4.78, 5) is 10.3. The van der Waals surface area contributed by atoms with Crippen LogP contribution in [0.25, 0.3) is 0 Å². The SMILES string of the molecule is CCCCCC#CC/C=C/CCCCCCCCCC(=O)O. The third-order valence-electron chi connectivity index (χ3n) is 3.68. The molecule has 1 N–H and O–H groups in total. The first-order valence-electron chi connectivity index (χ1n) is 9.10. The summed E-state index contributed by atoms with van der Waals surface area (Å²) in [6.45, 7) is 2.22. The second-order valence-corrected chi connectivity index (χ2v) is 5.89. The lowest BCUT2D eigenvalue weighted by atomic mass is 10.1. The first-order valence-corrected chi connectivity index (χ1v) is 9.10. The summed E-state index contributed by atoms with van der Waals surface area (Å²) < 4.78 is 0. The third-order valence-corrected chi connectivity index (χ3v) is 3.68. The number of carboxylic acid groups (broad SMARTS) is 1. The summed E-state index contributed by atoms with van der Waals surface area (Å²) in [5.41, 5.74) is 0. The van der Waals surface area contributed by atoms with Gasteiger partial charge in [0.2, 0.25) is 0 Å². The average Bonchev–Trinajstić information content (AvgIpc) is 2.50. The minimum absolute atomic E-state index is 0.326. The molecule has 0 saturated heterocycles. The molecule has 0 radical (unpaired) electrons. The van der Waals surface area contributed by atoms with Crippen molar-refractivity contribution in [1.29, 1.82) is 0 Å². The summed E-state index contributed by atoms with van der Waals surface area (Å²) in [6.07, 6.45) is 19.8. The van der Waals surface area contributed by atoms with Gasteiger partial charge in [-0.25, -0.2) is 0 Å². The molecule has 22 heavy (non-hydrogen) atoms. The van der Waals surface area contributed by atoms with Crippen LogP contribution in [-0.2, 0) is 4.79 Å². The van der Waals surface area contributed by atoms with Gasteiger partial charge < -0.3 is 5.11 Å². The van der Waals surface area contributed by atoms with Crippen molar-refractivity contribution in [3.05, 3.63) is 12.2 Å². The highest BCUT2D eigenvalue weighted by molar-refractivity contribution is 5.66. The van der Waals surface area contributed by atoms with Crippen molar-refractivity contribution < 1.29 is 9.90 Å². The molecule has 0 aliphatic rings. The van der Waals surface area contributed by atoms with Crippen LogP contribution in [0.15, 0.2) is 12.2 Å². The molecule has 0 heterocycles. The van der Waals surface area contributed by atoms with E-state index in [0.717, 1.165) is 32.1 Å². The van der Waals surface area contributed by atoms with Gasteiger partial charge in [-0.3, -0.25) is 4.79 Å². The topological polar surface area (TPSA) is 37.3 Å². The fourth-order valence-corrected chi connectivity index (χ4v) is 2.31. The molecule has 0 fully saturated rings. The van der Waals surface area contributed by atoms with E-state index < -0.39 is 5.97 Å². The minimum Gasteiger partial charge on any atom is -0.481 e. The predicted octanol–water partition coefficient (Wildman–Crippen LogP) is 6.11. The Kier molecular flexibility index (Phi) is 16.8. The lowest BCUT2D eigenvalue weighted by Gasteiger charge is -2.00. The summed E-state index contributed by atoms with van der Waals surface area (Å²) >= 11 is 0. The Morgan fingerprint density at radius 3 is 2.23 bits per heavy atom. The van der Waals surface area contributed by atoms with Gasteiger partial charge in [0, 0.05) is 19.3 Å². The molecule has 0 amide bonds. The van der Waals surface area contributed by atoms with Crippen LogP contribution in [0.3, 0.4) is 0 Å². The van der Waals surface area contributed by atoms with E-state index >= 15 is 0 Å². The molecule has 2 nitrogen and oxygen atoms in total. The van der Waals surface area contributed by atoms with Crippen molar-refractivity contribution >= 4 is 5.97 Å². The van der Waals surface area contributed by atoms with Crippen molar-refractivity contribution in [1.82, 2.24) is 0 Å². The molecule has 0 aromatic heterocycles. The fourth-order valence-electron chi connectivity index (χ4n) is 2.31. The molecule has 0 aliphatic heterocycles. The molecule has 126 valence electrons. The molecule has 0 bridgehead atoms. The summed E-state index contributed by atoms with van der Waals surface area (Å²) in [5.74, 6) is 5.76. The lowest BCUT2D eigenvalue weighted by Crippen LogP contribution is -1.93. The largest absolute Gasteiger partial charge is 0.481 e. The zero-order chi connectivity index (χ0) is 16.3. The highest BCUT2D eigenvalue weighted by Gasteiger charge is 1.96. The van der Waals surface area contributed by atoms with Gasteiger partial charge >= 0.3 is 5.97 Å². The Labute approximate surface area is 137 Å². The standard InChI is InChI=1S/C20H34O2/c1-2-3-4-5-6-7-8-9-10-11-12-13-14-15-16-17-18-19-20(21)22/h9-10H,2-5,8,11-19H2,1H3,(H,21,22)/b10-9+. The van der Waals surface area contributed by atoms with Crippen molar-refractivity contribution in [2.45, 2.75) is 96.8 Å². The summed E-state index contributed by atoms with van der Waals surface area (Å²) in [5, 5.41) is 8.52. The van der Waals surface area contributed by atoms with E-state index in [1.54, 1.807) is 0 Å². The van der Waals surface area contributed by atoms with E-state index in [0.29, 0.717) is 6.42 Å². The number of hydrogen-bond donors (Lipinski definition) is 1. The molecule has 0 spiro atoms. The number of hydrogen-bond acceptors (Lipinski definition) is 1. The van der Waals surface area contributed by atoms with Crippen molar-refractivity contribution in [2.75, 3.05) is 0 Å². The normalized spacial score (nSPS) is 10.6. The van der Waals surface area contributed by atoms with Gasteiger partial charge in [0.05, 0.1) is 0 Å². The maximum absolute atomic E-state index is 10.3. The van der Waals surface area contributed by atoms with Crippen LogP contribution in [0.5, 0.6) is 0 Å². The number of carbonyl (C=O) groups is 1. The Morgan fingerprint density at radius 1 is 0.864 bits per heavy atom. The monoisotopic (exact) mass is 306 g/mol. The Morgan fingerprint density at radius 2 is 1.55 bits per heavy atom. The van der Waals surface area contributed by atoms with Crippen LogP contribution in [0.1, 0.15) is 96.8 Å². The number of allylic oxidation sites excluding steroid dienone is 2. The van der Waals surface area contributed by atoms with Crippen LogP contribution in [0, 0.1) is 11.8 Å². The van der Waals surface area contributed by atoms with E-state index in [-0.39, 0.29) is 0 Å². The first-order chi connectivity index (χ1) is 10.8. The van der Waals surface area contributed by atoms with Crippen LogP contribution in [0.4, 0.5) is 0 Å². The quantitative estimate of drug-likeness (QED) is 0.239. The molecular weight excluding hydrogens is 272 g/mol. The number of rotatable bonds is 14. The van der Waals surface area contributed by atoms with E-state index in [9.17, 15) is 4.79 Å². The predicted molar refractivity (Wildman–Crippen MR) is 94.9 cm³/mol. The number of unbranched alkanes of at least 4 members (excludes halogenated alkanes) is 10. The van der Waals surface area contributed by atoms with Gasteiger partial charge in [-0.15, -0.1) is 5.92 Å². The van der Waals surface area contributed by atoms with Gasteiger partial charge in [0.25, 0.3) is 0 Å². The maximum atomic E-state index is 10.3. The van der Waals surface area contributed by atoms with Crippen molar-refractivity contribution in [3.63, 3.8) is 0 Å². The second-order valence-electron chi connectivity index (χ2n) is 5.89. The van der Waals surface area contributed by atoms with Gasteiger partial charge in [-0.1, -0.05) is 69.9 Å². The minimum atomic E-state index is -0.669. The van der Waals surface area contributed by atoms with E-state index in [1.807, 2.05) is 0 Å². The third kappa shape index (κ3) is 18.8. The van der Waals surface area contributed by atoms with Gasteiger partial charge in [0.1, 0.15) is 0 Å². The first kappa shape index (κ1) is 20.8. The maximum Gasteiger partial charge on any atom is 0.303 e. The molecule has 0 saturated carbocycles. The fraction of sp³-hybridized carbons (Fsp3) is 0.750. The number of carboxylic acids is 1. The highest BCUT2D eigenvalue weighted by Crippen LogP contribution is 2.10. The van der Waals surface area contributed by atoms with Crippen molar-refractivity contribution in [2.24, 2.45) is 0 Å². The summed E-state index contributed by atoms with van der Waals surface area (Å²) in [6, 6.07) is 0. The summed E-state index contributed by atoms with van der Waals surface area (Å²) in [7, 11) is 0.